The van der Waals surface area contributed by atoms with Crippen molar-refractivity contribution in [1.29, 1.82) is 0 Å². The van der Waals surface area contributed by atoms with Crippen LogP contribution in [-0.2, 0) is 9.59 Å². The Labute approximate surface area is 221 Å². The van der Waals surface area contributed by atoms with Gasteiger partial charge in [-0.15, -0.1) is 0 Å². The van der Waals surface area contributed by atoms with Crippen molar-refractivity contribution in [2.24, 2.45) is 0 Å². The highest BCUT2D eigenvalue weighted by Gasteiger charge is 2.41. The maximum atomic E-state index is 13.6. The zero-order valence-corrected chi connectivity index (χ0v) is 21.8. The van der Waals surface area contributed by atoms with Crippen LogP contribution in [-0.4, -0.2) is 40.5 Å². The molecule has 1 aromatic heterocycles. The van der Waals surface area contributed by atoms with E-state index in [0.29, 0.717) is 22.4 Å². The molecule has 1 saturated heterocycles. The number of fused-ring (bicyclic) bond motifs is 1. The minimum absolute atomic E-state index is 0.122. The number of nitrogens with zero attached hydrogens (tertiary/aromatic N) is 4. The summed E-state index contributed by atoms with van der Waals surface area (Å²) in [5, 5.41) is 1.69. The summed E-state index contributed by atoms with van der Waals surface area (Å²) in [5.74, 6) is -0.325. The van der Waals surface area contributed by atoms with Crippen LogP contribution < -0.4 is 15.9 Å². The molecule has 1 N–H and O–H groups in total. The zero-order valence-electron chi connectivity index (χ0n) is 20.3. The maximum Gasteiger partial charge on any atom is 0.266 e. The topological polar surface area (TPSA) is 87.5 Å². The molecule has 0 spiro atoms. The van der Waals surface area contributed by atoms with Crippen LogP contribution in [0.15, 0.2) is 88.1 Å². The second-order valence-electron chi connectivity index (χ2n) is 8.89. The van der Waals surface area contributed by atoms with Crippen molar-refractivity contribution in [1.82, 2.24) is 20.0 Å². The minimum Gasteiger partial charge on any atom is -0.378 e. The number of anilines is 1. The van der Waals surface area contributed by atoms with Crippen LogP contribution in [0.1, 0.15) is 23.9 Å². The van der Waals surface area contributed by atoms with Gasteiger partial charge in [-0.2, -0.15) is 0 Å². The van der Waals surface area contributed by atoms with Crippen LogP contribution in [0.2, 0.25) is 0 Å². The average Bonchev–Trinajstić information content (AvgIpc) is 2.90. The quantitative estimate of drug-likeness (QED) is 0.283. The SMILES string of the molecule is CN(C)c1ccc(/C=C/C(=O)NN2C(=O)CC2c2nc3ccc(Br)cc3c(=O)n2-c2ccccc2)cc1. The van der Waals surface area contributed by atoms with E-state index in [1.165, 1.54) is 15.7 Å². The molecule has 9 heteroatoms. The Balaban J connectivity index is 1.45. The molecule has 1 aliphatic heterocycles. The molecule has 0 aliphatic carbocycles. The van der Waals surface area contributed by atoms with E-state index in [1.54, 1.807) is 18.2 Å². The Morgan fingerprint density at radius 2 is 1.78 bits per heavy atom. The van der Waals surface area contributed by atoms with Gasteiger partial charge < -0.3 is 4.90 Å². The van der Waals surface area contributed by atoms with Crippen molar-refractivity contribution in [2.45, 2.75) is 12.5 Å². The summed E-state index contributed by atoms with van der Waals surface area (Å²) in [6.45, 7) is 0. The van der Waals surface area contributed by atoms with E-state index < -0.39 is 11.9 Å². The van der Waals surface area contributed by atoms with Gasteiger partial charge in [-0.05, 0) is 54.1 Å². The van der Waals surface area contributed by atoms with Gasteiger partial charge in [0.2, 0.25) is 5.91 Å². The van der Waals surface area contributed by atoms with Gasteiger partial charge in [-0.25, -0.2) is 9.99 Å². The summed E-state index contributed by atoms with van der Waals surface area (Å²) < 4.78 is 2.27. The highest BCUT2D eigenvalue weighted by atomic mass is 79.9. The molecule has 8 nitrogen and oxygen atoms in total. The summed E-state index contributed by atoms with van der Waals surface area (Å²) in [5.41, 5.74) is 5.46. The fourth-order valence-corrected chi connectivity index (χ4v) is 4.56. The summed E-state index contributed by atoms with van der Waals surface area (Å²) in [6.07, 6.45) is 3.18. The molecule has 2 amide bonds. The molecule has 0 saturated carbocycles. The lowest BCUT2D eigenvalue weighted by atomic mass is 10.0. The number of carbonyl (C=O) groups is 2. The molecule has 5 rings (SSSR count). The predicted molar refractivity (Wildman–Crippen MR) is 147 cm³/mol. The number of amides is 2. The number of β-lactam (4-membered cyclic amide) rings is 1. The Kier molecular flexibility index (Phi) is 6.62. The van der Waals surface area contributed by atoms with Crippen molar-refractivity contribution in [2.75, 3.05) is 19.0 Å². The molecule has 1 atom stereocenters. The van der Waals surface area contributed by atoms with Crippen LogP contribution in [0.3, 0.4) is 0 Å². The third kappa shape index (κ3) is 4.90. The Hall–Kier alpha value is -4.24. The molecule has 4 aromatic rings. The predicted octanol–water partition coefficient (Wildman–Crippen LogP) is 4.23. The third-order valence-corrected chi connectivity index (χ3v) is 6.68. The van der Waals surface area contributed by atoms with Gasteiger partial charge >= 0.3 is 0 Å². The van der Waals surface area contributed by atoms with E-state index >= 15 is 0 Å². The van der Waals surface area contributed by atoms with Crippen LogP contribution in [0, 0.1) is 0 Å². The largest absolute Gasteiger partial charge is 0.378 e. The Morgan fingerprint density at radius 1 is 1.05 bits per heavy atom. The Bertz CT molecular complexity index is 1580. The molecule has 1 unspecified atom stereocenters. The fraction of sp³-hybridized carbons (Fsp3) is 0.143. The molecule has 0 bridgehead atoms. The monoisotopic (exact) mass is 557 g/mol. The molecule has 1 fully saturated rings. The lowest BCUT2D eigenvalue weighted by molar-refractivity contribution is -0.156. The molecule has 3 aromatic carbocycles. The lowest BCUT2D eigenvalue weighted by Crippen LogP contribution is -2.57. The first kappa shape index (κ1) is 24.5. The van der Waals surface area contributed by atoms with Crippen molar-refractivity contribution < 1.29 is 9.59 Å². The zero-order chi connectivity index (χ0) is 26.1. The van der Waals surface area contributed by atoms with Crippen molar-refractivity contribution in [3.63, 3.8) is 0 Å². The van der Waals surface area contributed by atoms with Crippen LogP contribution in [0.25, 0.3) is 22.7 Å². The van der Waals surface area contributed by atoms with Crippen molar-refractivity contribution in [3.05, 3.63) is 105 Å². The van der Waals surface area contributed by atoms with Crippen molar-refractivity contribution in [3.8, 4) is 5.69 Å². The van der Waals surface area contributed by atoms with Crippen LogP contribution in [0.5, 0.6) is 0 Å². The highest BCUT2D eigenvalue weighted by molar-refractivity contribution is 9.10. The van der Waals surface area contributed by atoms with Gasteiger partial charge in [0.15, 0.2) is 0 Å². The van der Waals surface area contributed by atoms with E-state index in [9.17, 15) is 14.4 Å². The van der Waals surface area contributed by atoms with Crippen molar-refractivity contribution >= 4 is 50.4 Å². The van der Waals surface area contributed by atoms with Crippen LogP contribution >= 0.6 is 15.9 Å². The summed E-state index contributed by atoms with van der Waals surface area (Å²) in [6, 6.07) is 21.6. The summed E-state index contributed by atoms with van der Waals surface area (Å²) in [4.78, 5) is 45.6. The van der Waals surface area contributed by atoms with Crippen LogP contribution in [0.4, 0.5) is 5.69 Å². The highest BCUT2D eigenvalue weighted by Crippen LogP contribution is 2.33. The number of aromatic nitrogens is 2. The van der Waals surface area contributed by atoms with Gasteiger partial charge in [0.05, 0.1) is 23.0 Å². The standard InChI is InChI=1S/C28H24BrN5O3/c1-32(2)20-12-8-18(9-13-20)10-15-25(35)31-34-24(17-26(34)36)27-30-23-14-11-19(29)16-22(23)28(37)33(27)21-6-4-3-5-7-21/h3-16,24H,17H2,1-2H3,(H,31,35)/b15-10+. The molecular weight excluding hydrogens is 534 g/mol. The number of nitrogens with one attached hydrogen (secondary N) is 1. The number of carbonyl (C=O) groups excluding carboxylic acids is 2. The smallest absolute Gasteiger partial charge is 0.266 e. The lowest BCUT2D eigenvalue weighted by Gasteiger charge is -2.39. The summed E-state index contributed by atoms with van der Waals surface area (Å²) in [7, 11) is 3.92. The third-order valence-electron chi connectivity index (χ3n) is 6.18. The Morgan fingerprint density at radius 3 is 2.46 bits per heavy atom. The van der Waals surface area contributed by atoms with Gasteiger partial charge in [0.25, 0.3) is 11.5 Å². The van der Waals surface area contributed by atoms with E-state index in [2.05, 4.69) is 21.4 Å². The van der Waals surface area contributed by atoms with E-state index in [4.69, 9.17) is 4.98 Å². The number of halogens is 1. The number of rotatable bonds is 6. The second kappa shape index (κ2) is 10.0. The number of para-hydroxylation sites is 1. The first-order valence-corrected chi connectivity index (χ1v) is 12.5. The van der Waals surface area contributed by atoms with Gasteiger partial charge in [-0.3, -0.25) is 24.4 Å². The summed E-state index contributed by atoms with van der Waals surface area (Å²) >= 11 is 3.42. The molecule has 2 heterocycles. The van der Waals surface area contributed by atoms with Gasteiger partial charge in [0, 0.05) is 30.3 Å². The molecule has 186 valence electrons. The average molecular weight is 558 g/mol. The van der Waals surface area contributed by atoms with E-state index in [1.807, 2.05) is 79.7 Å². The number of hydrogen-bond donors (Lipinski definition) is 1. The number of benzene rings is 3. The normalized spacial score (nSPS) is 15.2. The first-order chi connectivity index (χ1) is 17.8. The van der Waals surface area contributed by atoms with Gasteiger partial charge in [0.1, 0.15) is 11.9 Å². The minimum atomic E-state index is -0.592. The maximum absolute atomic E-state index is 13.6. The van der Waals surface area contributed by atoms with E-state index in [-0.39, 0.29) is 17.9 Å². The van der Waals surface area contributed by atoms with Gasteiger partial charge in [-0.1, -0.05) is 46.3 Å². The molecule has 37 heavy (non-hydrogen) atoms. The fourth-order valence-electron chi connectivity index (χ4n) is 4.20. The molecule has 0 radical (unpaired) electrons. The number of hydrogen-bond acceptors (Lipinski definition) is 5. The first-order valence-electron chi connectivity index (χ1n) is 11.7. The van der Waals surface area contributed by atoms with E-state index in [0.717, 1.165) is 15.7 Å². The molecule has 1 aliphatic rings. The second-order valence-corrected chi connectivity index (χ2v) is 9.80. The number of hydrazine groups is 1. The molecular formula is C28H24BrN5O3.